The summed E-state index contributed by atoms with van der Waals surface area (Å²) in [4.78, 5) is 12.3. The Labute approximate surface area is 162 Å². The number of rotatable bonds is 7. The molecular weight excluding hydrogens is 408 g/mol. The van der Waals surface area contributed by atoms with E-state index in [1.54, 1.807) is 25.1 Å². The monoisotopic (exact) mass is 428 g/mol. The molecule has 0 radical (unpaired) electrons. The Morgan fingerprint density at radius 2 is 1.84 bits per heavy atom. The fourth-order valence-electron chi connectivity index (χ4n) is 2.12. The molecule has 2 aromatic rings. The van der Waals surface area contributed by atoms with Crippen LogP contribution < -0.4 is 15.8 Å². The molecule has 0 saturated heterocycles. The first kappa shape index (κ1) is 21.4. The molecule has 25 heavy (non-hydrogen) atoms. The van der Waals surface area contributed by atoms with Crippen molar-refractivity contribution in [2.45, 2.75) is 18.6 Å². The molecule has 2 unspecified atom stereocenters. The Morgan fingerprint density at radius 1 is 1.24 bits per heavy atom. The van der Waals surface area contributed by atoms with E-state index in [-0.39, 0.29) is 31.5 Å². The SMILES string of the molecule is CC(N)(C(=O)NCC(O)COc1ccccc1Br)c1ccccc1.Cl. The van der Waals surface area contributed by atoms with Crippen LogP contribution in [0.4, 0.5) is 0 Å². The summed E-state index contributed by atoms with van der Waals surface area (Å²) < 4.78 is 6.33. The molecule has 136 valence electrons. The predicted octanol–water partition coefficient (Wildman–Crippen LogP) is 2.60. The van der Waals surface area contributed by atoms with Crippen molar-refractivity contribution in [2.75, 3.05) is 13.2 Å². The van der Waals surface area contributed by atoms with E-state index in [0.717, 1.165) is 4.47 Å². The molecule has 4 N–H and O–H groups in total. The third-order valence-electron chi connectivity index (χ3n) is 3.61. The number of carbonyl (C=O) groups is 1. The van der Waals surface area contributed by atoms with Gasteiger partial charge in [0, 0.05) is 6.54 Å². The highest BCUT2D eigenvalue weighted by Gasteiger charge is 2.30. The highest BCUT2D eigenvalue weighted by molar-refractivity contribution is 9.10. The molecule has 0 aliphatic rings. The second-order valence-electron chi connectivity index (χ2n) is 5.67. The molecule has 7 heteroatoms. The van der Waals surface area contributed by atoms with Gasteiger partial charge in [-0.2, -0.15) is 0 Å². The van der Waals surface area contributed by atoms with Crippen LogP contribution in [-0.2, 0) is 10.3 Å². The molecule has 2 atom stereocenters. The zero-order chi connectivity index (χ0) is 17.6. The Morgan fingerprint density at radius 3 is 2.48 bits per heavy atom. The van der Waals surface area contributed by atoms with E-state index in [0.29, 0.717) is 11.3 Å². The first-order valence-electron chi connectivity index (χ1n) is 7.59. The summed E-state index contributed by atoms with van der Waals surface area (Å²) >= 11 is 3.37. The van der Waals surface area contributed by atoms with Crippen molar-refractivity contribution in [2.24, 2.45) is 5.73 Å². The maximum atomic E-state index is 12.3. The lowest BCUT2D eigenvalue weighted by molar-refractivity contribution is -0.126. The van der Waals surface area contributed by atoms with Gasteiger partial charge in [-0.1, -0.05) is 42.5 Å². The van der Waals surface area contributed by atoms with Gasteiger partial charge in [0.1, 0.15) is 24.0 Å². The smallest absolute Gasteiger partial charge is 0.244 e. The highest BCUT2D eigenvalue weighted by atomic mass is 79.9. The van der Waals surface area contributed by atoms with E-state index >= 15 is 0 Å². The topological polar surface area (TPSA) is 84.6 Å². The standard InChI is InChI=1S/C18H21BrN2O3.ClH/c1-18(20,13-7-3-2-4-8-13)17(23)21-11-14(22)12-24-16-10-6-5-9-15(16)19;/h2-10,14,22H,11-12,20H2,1H3,(H,21,23);1H. The maximum Gasteiger partial charge on any atom is 0.244 e. The average Bonchev–Trinajstić information content (AvgIpc) is 2.59. The first-order valence-corrected chi connectivity index (χ1v) is 8.38. The Bertz CT molecular complexity index is 683. The molecule has 0 fully saturated rings. The van der Waals surface area contributed by atoms with E-state index < -0.39 is 11.6 Å². The number of aliphatic hydroxyl groups excluding tert-OH is 1. The van der Waals surface area contributed by atoms with Crippen LogP contribution in [0.3, 0.4) is 0 Å². The fourth-order valence-corrected chi connectivity index (χ4v) is 2.52. The summed E-state index contributed by atoms with van der Waals surface area (Å²) in [6.45, 7) is 1.76. The summed E-state index contributed by atoms with van der Waals surface area (Å²) in [7, 11) is 0. The van der Waals surface area contributed by atoms with Crippen molar-refractivity contribution >= 4 is 34.2 Å². The van der Waals surface area contributed by atoms with E-state index in [9.17, 15) is 9.90 Å². The third kappa shape index (κ3) is 6.01. The molecule has 2 aromatic carbocycles. The number of benzene rings is 2. The number of nitrogens with one attached hydrogen (secondary N) is 1. The molecule has 0 bridgehead atoms. The average molecular weight is 430 g/mol. The van der Waals surface area contributed by atoms with Crippen molar-refractivity contribution in [3.05, 3.63) is 64.6 Å². The molecule has 0 saturated carbocycles. The van der Waals surface area contributed by atoms with Crippen molar-refractivity contribution < 1.29 is 14.6 Å². The minimum absolute atomic E-state index is 0. The molecule has 2 rings (SSSR count). The predicted molar refractivity (Wildman–Crippen MR) is 104 cm³/mol. The van der Waals surface area contributed by atoms with Crippen molar-refractivity contribution in [1.29, 1.82) is 0 Å². The largest absolute Gasteiger partial charge is 0.490 e. The summed E-state index contributed by atoms with van der Waals surface area (Å²) in [5, 5.41) is 12.7. The maximum absolute atomic E-state index is 12.3. The lowest BCUT2D eigenvalue weighted by atomic mass is 9.92. The number of ether oxygens (including phenoxy) is 1. The van der Waals surface area contributed by atoms with Gasteiger partial charge < -0.3 is 20.9 Å². The second-order valence-corrected chi connectivity index (χ2v) is 6.53. The van der Waals surface area contributed by atoms with Gasteiger partial charge in [-0.05, 0) is 40.5 Å². The number of carbonyl (C=O) groups excluding carboxylic acids is 1. The minimum atomic E-state index is -1.16. The number of amides is 1. The van der Waals surface area contributed by atoms with Gasteiger partial charge in [0.05, 0.1) is 4.47 Å². The summed E-state index contributed by atoms with van der Waals surface area (Å²) in [6, 6.07) is 16.5. The van der Waals surface area contributed by atoms with Crippen molar-refractivity contribution in [3.8, 4) is 5.75 Å². The van der Waals surface area contributed by atoms with Gasteiger partial charge in [-0.15, -0.1) is 12.4 Å². The Balaban J connectivity index is 0.00000312. The van der Waals surface area contributed by atoms with Crippen LogP contribution in [0.2, 0.25) is 0 Å². The van der Waals surface area contributed by atoms with E-state index in [2.05, 4.69) is 21.2 Å². The fraction of sp³-hybridized carbons (Fsp3) is 0.278. The van der Waals surface area contributed by atoms with Crippen LogP contribution in [-0.4, -0.2) is 30.3 Å². The van der Waals surface area contributed by atoms with Gasteiger partial charge >= 0.3 is 0 Å². The number of nitrogens with two attached hydrogens (primary N) is 1. The highest BCUT2D eigenvalue weighted by Crippen LogP contribution is 2.23. The first-order chi connectivity index (χ1) is 11.4. The van der Waals surface area contributed by atoms with Gasteiger partial charge in [0.2, 0.25) is 5.91 Å². The van der Waals surface area contributed by atoms with Crippen LogP contribution in [0.5, 0.6) is 5.75 Å². The summed E-state index contributed by atoms with van der Waals surface area (Å²) in [6.07, 6.45) is -0.840. The van der Waals surface area contributed by atoms with Gasteiger partial charge in [0.15, 0.2) is 0 Å². The van der Waals surface area contributed by atoms with E-state index in [1.807, 2.05) is 36.4 Å². The molecule has 0 aromatic heterocycles. The quantitative estimate of drug-likeness (QED) is 0.631. The molecule has 0 heterocycles. The van der Waals surface area contributed by atoms with Gasteiger partial charge in [0.25, 0.3) is 0 Å². The van der Waals surface area contributed by atoms with Crippen LogP contribution >= 0.6 is 28.3 Å². The minimum Gasteiger partial charge on any atom is -0.490 e. The number of halogens is 2. The van der Waals surface area contributed by atoms with E-state index in [4.69, 9.17) is 10.5 Å². The molecule has 0 aliphatic carbocycles. The molecule has 0 spiro atoms. The van der Waals surface area contributed by atoms with E-state index in [1.165, 1.54) is 0 Å². The lowest BCUT2D eigenvalue weighted by Gasteiger charge is -2.25. The number of para-hydroxylation sites is 1. The number of aliphatic hydroxyl groups is 1. The number of hydrogen-bond donors (Lipinski definition) is 3. The Hall–Kier alpha value is -1.60. The van der Waals surface area contributed by atoms with Crippen LogP contribution in [0.1, 0.15) is 12.5 Å². The molecule has 1 amide bonds. The summed E-state index contributed by atoms with van der Waals surface area (Å²) in [5.74, 6) is 0.282. The van der Waals surface area contributed by atoms with Crippen molar-refractivity contribution in [1.82, 2.24) is 5.32 Å². The molecule has 5 nitrogen and oxygen atoms in total. The molecular formula is C18H22BrClN2O3. The van der Waals surface area contributed by atoms with Gasteiger partial charge in [-0.3, -0.25) is 4.79 Å². The van der Waals surface area contributed by atoms with Gasteiger partial charge in [-0.25, -0.2) is 0 Å². The van der Waals surface area contributed by atoms with Crippen molar-refractivity contribution in [3.63, 3.8) is 0 Å². The normalized spacial score (nSPS) is 13.9. The van der Waals surface area contributed by atoms with Crippen LogP contribution in [0.15, 0.2) is 59.1 Å². The lowest BCUT2D eigenvalue weighted by Crippen LogP contribution is -2.51. The Kier molecular flexibility index (Phi) is 8.38. The summed E-state index contributed by atoms with van der Waals surface area (Å²) in [5.41, 5.74) is 5.67. The van der Waals surface area contributed by atoms with Crippen LogP contribution in [0.25, 0.3) is 0 Å². The third-order valence-corrected chi connectivity index (χ3v) is 4.27. The zero-order valence-corrected chi connectivity index (χ0v) is 16.2. The zero-order valence-electron chi connectivity index (χ0n) is 13.8. The number of hydrogen-bond acceptors (Lipinski definition) is 4. The van der Waals surface area contributed by atoms with Crippen LogP contribution in [0, 0.1) is 0 Å². The second kappa shape index (κ2) is 9.77. The molecule has 0 aliphatic heterocycles.